The maximum Gasteiger partial charge on any atom is 0.169 e. The molecule has 1 aliphatic heterocycles. The average Bonchev–Trinajstić information content (AvgIpc) is 3.23. The molecule has 152 valence electrons. The molecule has 0 spiro atoms. The van der Waals surface area contributed by atoms with E-state index in [4.69, 9.17) is 21.7 Å². The molecule has 7 heteroatoms. The summed E-state index contributed by atoms with van der Waals surface area (Å²) < 4.78 is 11.1. The van der Waals surface area contributed by atoms with Gasteiger partial charge in [0, 0.05) is 24.4 Å². The van der Waals surface area contributed by atoms with Crippen molar-refractivity contribution >= 4 is 28.7 Å². The number of nitrogens with zero attached hydrogens (tertiary/aromatic N) is 1. The Bertz CT molecular complexity index is 793. The van der Waals surface area contributed by atoms with Crippen LogP contribution in [-0.4, -0.2) is 58.0 Å². The summed E-state index contributed by atoms with van der Waals surface area (Å²) in [6.45, 7) is 2.91. The molecule has 0 saturated heterocycles. The summed E-state index contributed by atoms with van der Waals surface area (Å²) in [4.78, 5) is 5.06. The molecule has 1 aliphatic rings. The maximum atomic E-state index is 5.80. The molecule has 28 heavy (non-hydrogen) atoms. The molecule has 1 atom stereocenters. The van der Waals surface area contributed by atoms with E-state index in [-0.39, 0.29) is 6.04 Å². The van der Waals surface area contributed by atoms with Gasteiger partial charge >= 0.3 is 0 Å². The van der Waals surface area contributed by atoms with Gasteiger partial charge in [-0.3, -0.25) is 0 Å². The number of quaternary nitrogens is 1. The molecule has 1 aromatic heterocycles. The Morgan fingerprint density at radius 3 is 2.68 bits per heavy atom. The van der Waals surface area contributed by atoms with E-state index < -0.39 is 0 Å². The summed E-state index contributed by atoms with van der Waals surface area (Å²) in [6.07, 6.45) is 2.03. The number of fused-ring (bicyclic) bond motifs is 1. The van der Waals surface area contributed by atoms with Crippen molar-refractivity contribution < 1.29 is 14.4 Å². The second-order valence-corrected chi connectivity index (χ2v) is 8.68. The smallest absolute Gasteiger partial charge is 0.169 e. The molecule has 0 unspecified atom stereocenters. The van der Waals surface area contributed by atoms with Crippen LogP contribution in [0.15, 0.2) is 29.6 Å². The van der Waals surface area contributed by atoms with Crippen molar-refractivity contribution in [3.05, 3.63) is 45.6 Å². The normalized spacial score (nSPS) is 16.0. The molecule has 0 radical (unpaired) electrons. The minimum Gasteiger partial charge on any atom is -0.493 e. The molecule has 2 N–H and O–H groups in total. The van der Waals surface area contributed by atoms with Gasteiger partial charge in [0.25, 0.3) is 0 Å². The van der Waals surface area contributed by atoms with Crippen LogP contribution < -0.4 is 19.7 Å². The van der Waals surface area contributed by atoms with E-state index in [1.807, 2.05) is 0 Å². The van der Waals surface area contributed by atoms with Crippen LogP contribution in [0.1, 0.15) is 28.5 Å². The first-order chi connectivity index (χ1) is 13.5. The van der Waals surface area contributed by atoms with Crippen LogP contribution in [0.4, 0.5) is 0 Å². The Morgan fingerprint density at radius 2 is 2.04 bits per heavy atom. The molecule has 5 nitrogen and oxygen atoms in total. The quantitative estimate of drug-likeness (QED) is 0.530. The number of hydrogen-bond donors (Lipinski definition) is 2. The van der Waals surface area contributed by atoms with Crippen LogP contribution >= 0.6 is 23.6 Å². The Labute approximate surface area is 177 Å². The molecule has 3 rings (SSSR count). The highest BCUT2D eigenvalue weighted by molar-refractivity contribution is 7.80. The standard InChI is InChI=1S/C21H29N3O2S2/c1-23(2)10-6-9-22-21(27)24-11-8-15-13-17(25-3)18(26-4)14-16(15)20(24)19-7-5-12-28-19/h5,7,12-14,20H,6,8-11H2,1-4H3,(H,22,27)/p+1/t20-/m1/s1. The molecule has 0 bridgehead atoms. The Morgan fingerprint density at radius 1 is 1.29 bits per heavy atom. The minimum absolute atomic E-state index is 0.100. The fourth-order valence-corrected chi connectivity index (χ4v) is 4.81. The highest BCUT2D eigenvalue weighted by Crippen LogP contribution is 2.42. The fourth-order valence-electron chi connectivity index (χ4n) is 3.66. The van der Waals surface area contributed by atoms with Gasteiger partial charge in [0.1, 0.15) is 0 Å². The molecule has 0 fully saturated rings. The Kier molecular flexibility index (Phi) is 7.15. The van der Waals surface area contributed by atoms with Crippen molar-refractivity contribution in [2.75, 3.05) is 47.9 Å². The van der Waals surface area contributed by atoms with E-state index in [0.29, 0.717) is 0 Å². The zero-order valence-corrected chi connectivity index (χ0v) is 18.7. The third-order valence-electron chi connectivity index (χ3n) is 5.08. The summed E-state index contributed by atoms with van der Waals surface area (Å²) >= 11 is 7.57. The SMILES string of the molecule is COc1cc2c(cc1OC)[C@H](c1cccs1)N(C(=S)NCCC[NH+](C)C)CC2. The fraction of sp³-hybridized carbons (Fsp3) is 0.476. The van der Waals surface area contributed by atoms with Gasteiger partial charge in [-0.25, -0.2) is 0 Å². The lowest BCUT2D eigenvalue weighted by molar-refractivity contribution is -0.858. The predicted octanol–water partition coefficient (Wildman–Crippen LogP) is 2.12. The summed E-state index contributed by atoms with van der Waals surface area (Å²) in [7, 11) is 7.72. The predicted molar refractivity (Wildman–Crippen MR) is 119 cm³/mol. The van der Waals surface area contributed by atoms with E-state index in [0.717, 1.165) is 49.1 Å². The van der Waals surface area contributed by atoms with Crippen molar-refractivity contribution in [3.8, 4) is 11.5 Å². The molecular weight excluding hydrogens is 390 g/mol. The third kappa shape index (κ3) is 4.59. The lowest BCUT2D eigenvalue weighted by Crippen LogP contribution is -3.05. The van der Waals surface area contributed by atoms with Gasteiger partial charge in [0.15, 0.2) is 16.6 Å². The van der Waals surface area contributed by atoms with Crippen LogP contribution in [-0.2, 0) is 6.42 Å². The van der Waals surface area contributed by atoms with Gasteiger partial charge in [0.2, 0.25) is 0 Å². The zero-order chi connectivity index (χ0) is 20.1. The summed E-state index contributed by atoms with van der Waals surface area (Å²) in [5.74, 6) is 1.55. The van der Waals surface area contributed by atoms with Gasteiger partial charge in [-0.1, -0.05) is 6.07 Å². The van der Waals surface area contributed by atoms with E-state index in [1.165, 1.54) is 20.9 Å². The van der Waals surface area contributed by atoms with Gasteiger partial charge in [-0.2, -0.15) is 0 Å². The minimum atomic E-state index is 0.100. The number of ether oxygens (including phenoxy) is 2. The van der Waals surface area contributed by atoms with Crippen molar-refractivity contribution in [2.45, 2.75) is 18.9 Å². The summed E-state index contributed by atoms with van der Waals surface area (Å²) in [5, 5.41) is 6.42. The number of benzene rings is 1. The van der Waals surface area contributed by atoms with Crippen molar-refractivity contribution in [3.63, 3.8) is 0 Å². The van der Waals surface area contributed by atoms with Crippen LogP contribution in [0.2, 0.25) is 0 Å². The Hall–Kier alpha value is -1.83. The Balaban J connectivity index is 1.87. The first kappa shape index (κ1) is 20.9. The molecule has 0 saturated carbocycles. The van der Waals surface area contributed by atoms with Crippen molar-refractivity contribution in [1.29, 1.82) is 0 Å². The van der Waals surface area contributed by atoms with E-state index >= 15 is 0 Å². The lowest BCUT2D eigenvalue weighted by Gasteiger charge is -2.39. The monoisotopic (exact) mass is 420 g/mol. The molecule has 0 amide bonds. The van der Waals surface area contributed by atoms with Gasteiger partial charge < -0.3 is 24.6 Å². The topological polar surface area (TPSA) is 38.2 Å². The zero-order valence-electron chi connectivity index (χ0n) is 17.1. The first-order valence-corrected chi connectivity index (χ1v) is 11.0. The van der Waals surface area contributed by atoms with E-state index in [9.17, 15) is 0 Å². The highest BCUT2D eigenvalue weighted by atomic mass is 32.1. The maximum absolute atomic E-state index is 5.80. The highest BCUT2D eigenvalue weighted by Gasteiger charge is 2.32. The number of rotatable bonds is 7. The molecular formula is C21H30N3O2S2+. The number of methoxy groups -OCH3 is 2. The van der Waals surface area contributed by atoms with Gasteiger partial charge in [0.05, 0.1) is 40.9 Å². The summed E-state index contributed by atoms with van der Waals surface area (Å²) in [5.41, 5.74) is 2.54. The van der Waals surface area contributed by atoms with Crippen LogP contribution in [0, 0.1) is 0 Å². The number of thiocarbonyl (C=S) groups is 1. The number of hydrogen-bond acceptors (Lipinski definition) is 4. The lowest BCUT2D eigenvalue weighted by atomic mass is 9.91. The van der Waals surface area contributed by atoms with E-state index in [1.54, 1.807) is 25.6 Å². The van der Waals surface area contributed by atoms with Gasteiger partial charge in [-0.15, -0.1) is 11.3 Å². The largest absolute Gasteiger partial charge is 0.493 e. The molecule has 2 heterocycles. The summed E-state index contributed by atoms with van der Waals surface area (Å²) in [6, 6.07) is 8.61. The van der Waals surface area contributed by atoms with Crippen molar-refractivity contribution in [1.82, 2.24) is 10.2 Å². The molecule has 0 aliphatic carbocycles. The third-order valence-corrected chi connectivity index (χ3v) is 6.38. The van der Waals surface area contributed by atoms with Crippen LogP contribution in [0.3, 0.4) is 0 Å². The second kappa shape index (κ2) is 9.58. The number of thiophene rings is 1. The van der Waals surface area contributed by atoms with Crippen LogP contribution in [0.25, 0.3) is 0 Å². The van der Waals surface area contributed by atoms with Gasteiger partial charge in [-0.05, 0) is 53.3 Å². The van der Waals surface area contributed by atoms with Crippen LogP contribution in [0.5, 0.6) is 11.5 Å². The number of nitrogens with one attached hydrogen (secondary N) is 2. The van der Waals surface area contributed by atoms with E-state index in [2.05, 4.69) is 54.0 Å². The first-order valence-electron chi connectivity index (χ1n) is 9.66. The van der Waals surface area contributed by atoms with Crippen molar-refractivity contribution in [2.24, 2.45) is 0 Å². The average molecular weight is 421 g/mol. The second-order valence-electron chi connectivity index (χ2n) is 7.31. The molecule has 2 aromatic rings. The molecule has 1 aromatic carbocycles.